The van der Waals surface area contributed by atoms with Crippen molar-refractivity contribution < 1.29 is 0 Å². The Hall–Kier alpha value is -0.303. The van der Waals surface area contributed by atoms with Gasteiger partial charge in [0.05, 0.1) is 0 Å². The molecule has 0 nitrogen and oxygen atoms in total. The van der Waals surface area contributed by atoms with E-state index < -0.39 is 8.80 Å². The van der Waals surface area contributed by atoms with Crippen LogP contribution >= 0.6 is 0 Å². The van der Waals surface area contributed by atoms with Crippen molar-refractivity contribution in [1.29, 1.82) is 0 Å². The number of rotatable bonds is 11. The highest BCUT2D eigenvalue weighted by Gasteiger charge is 2.06. The molecule has 0 aromatic heterocycles. The van der Waals surface area contributed by atoms with Crippen molar-refractivity contribution in [2.24, 2.45) is 0 Å². The van der Waals surface area contributed by atoms with Crippen molar-refractivity contribution in [1.82, 2.24) is 0 Å². The van der Waals surface area contributed by atoms with Crippen molar-refractivity contribution in [2.45, 2.75) is 77.4 Å². The zero-order valence-electron chi connectivity index (χ0n) is 12.3. The molecule has 0 spiro atoms. The molecular formula is C16H32Si. The molecule has 0 fully saturated rings. The highest BCUT2D eigenvalue weighted by molar-refractivity contribution is 6.59. The lowest BCUT2D eigenvalue weighted by Gasteiger charge is -2.11. The summed E-state index contributed by atoms with van der Waals surface area (Å²) < 4.78 is 0. The molecule has 1 heteroatoms. The average Bonchev–Trinajstić information content (AvgIpc) is 2.35. The molecular weight excluding hydrogens is 220 g/mol. The van der Waals surface area contributed by atoms with Crippen molar-refractivity contribution in [3.8, 4) is 0 Å². The second kappa shape index (κ2) is 13.8. The Morgan fingerprint density at radius 3 is 1.82 bits per heavy atom. The molecule has 0 atom stereocenters. The molecule has 0 bridgehead atoms. The molecule has 0 saturated heterocycles. The van der Waals surface area contributed by atoms with Crippen molar-refractivity contribution >= 4 is 8.80 Å². The van der Waals surface area contributed by atoms with E-state index in [1.807, 2.05) is 0 Å². The minimum absolute atomic E-state index is 0.501. The Bertz CT molecular complexity index is 180. The summed E-state index contributed by atoms with van der Waals surface area (Å²) in [7, 11) is -0.501. The molecule has 0 aliphatic heterocycles. The van der Waals surface area contributed by atoms with Crippen LogP contribution in [0.1, 0.15) is 59.3 Å². The maximum absolute atomic E-state index is 2.39. The first-order chi connectivity index (χ1) is 8.35. The van der Waals surface area contributed by atoms with Crippen LogP contribution in [0.25, 0.3) is 0 Å². The molecule has 0 saturated carbocycles. The van der Waals surface area contributed by atoms with Gasteiger partial charge >= 0.3 is 0 Å². The lowest BCUT2D eigenvalue weighted by atomic mass is 10.1. The highest BCUT2D eigenvalue weighted by Crippen LogP contribution is 2.14. The molecule has 0 amide bonds. The summed E-state index contributed by atoms with van der Waals surface area (Å²) in [6.45, 7) is 6.58. The SMILES string of the molecule is CC=CC[SiH](CC=CC)CCCCCCCC. The van der Waals surface area contributed by atoms with Crippen molar-refractivity contribution in [3.05, 3.63) is 24.3 Å². The van der Waals surface area contributed by atoms with Crippen LogP contribution in [0.15, 0.2) is 24.3 Å². The predicted molar refractivity (Wildman–Crippen MR) is 84.6 cm³/mol. The van der Waals surface area contributed by atoms with Crippen LogP contribution < -0.4 is 0 Å². The topological polar surface area (TPSA) is 0 Å². The van der Waals surface area contributed by atoms with Gasteiger partial charge in [-0.05, 0) is 25.9 Å². The molecule has 0 aromatic carbocycles. The van der Waals surface area contributed by atoms with E-state index in [1.54, 1.807) is 6.04 Å². The summed E-state index contributed by atoms with van der Waals surface area (Å²) in [6.07, 6.45) is 17.9. The van der Waals surface area contributed by atoms with Gasteiger partial charge in [-0.15, -0.1) is 0 Å². The predicted octanol–water partition coefficient (Wildman–Crippen LogP) is 5.73. The minimum Gasteiger partial charge on any atom is -0.0920 e. The Kier molecular flexibility index (Phi) is 13.5. The fraction of sp³-hybridized carbons (Fsp3) is 0.750. The molecule has 100 valence electrons. The van der Waals surface area contributed by atoms with E-state index in [4.69, 9.17) is 0 Å². The standard InChI is InChI=1S/C16H32Si/c1-4-7-10-11-12-13-16-17(14-8-5-2)15-9-6-3/h5-6,8-9,17H,4,7,10-16H2,1-3H3. The van der Waals surface area contributed by atoms with Crippen LogP contribution in [-0.2, 0) is 0 Å². The molecule has 0 heterocycles. The van der Waals surface area contributed by atoms with Crippen LogP contribution in [0.3, 0.4) is 0 Å². The van der Waals surface area contributed by atoms with E-state index in [-0.39, 0.29) is 0 Å². The summed E-state index contributed by atoms with van der Waals surface area (Å²) in [5.41, 5.74) is 0. The Morgan fingerprint density at radius 1 is 0.765 bits per heavy atom. The molecule has 0 aromatic rings. The second-order valence-corrected chi connectivity index (χ2v) is 8.28. The smallest absolute Gasteiger partial charge is 0.0443 e. The molecule has 0 unspecified atom stereocenters. The van der Waals surface area contributed by atoms with Crippen LogP contribution in [0.2, 0.25) is 18.1 Å². The molecule has 0 aliphatic rings. The van der Waals surface area contributed by atoms with Gasteiger partial charge < -0.3 is 0 Å². The van der Waals surface area contributed by atoms with Gasteiger partial charge in [-0.25, -0.2) is 0 Å². The zero-order valence-corrected chi connectivity index (χ0v) is 13.4. The molecule has 0 rings (SSSR count). The number of unbranched alkanes of at least 4 members (excludes halogenated alkanes) is 5. The zero-order chi connectivity index (χ0) is 12.8. The van der Waals surface area contributed by atoms with Crippen LogP contribution in [0.4, 0.5) is 0 Å². The monoisotopic (exact) mass is 252 g/mol. The largest absolute Gasteiger partial charge is 0.0920 e. The molecule has 17 heavy (non-hydrogen) atoms. The summed E-state index contributed by atoms with van der Waals surface area (Å²) in [5, 5.41) is 0. The summed E-state index contributed by atoms with van der Waals surface area (Å²) in [6, 6.07) is 4.34. The van der Waals surface area contributed by atoms with E-state index in [9.17, 15) is 0 Å². The van der Waals surface area contributed by atoms with Crippen molar-refractivity contribution in [2.75, 3.05) is 0 Å². The maximum atomic E-state index is 2.39. The van der Waals surface area contributed by atoms with E-state index in [2.05, 4.69) is 45.1 Å². The van der Waals surface area contributed by atoms with Gasteiger partial charge in [0.2, 0.25) is 0 Å². The minimum atomic E-state index is -0.501. The summed E-state index contributed by atoms with van der Waals surface area (Å²) in [4.78, 5) is 0. The van der Waals surface area contributed by atoms with Gasteiger partial charge in [0.25, 0.3) is 0 Å². The Labute approximate surface area is 111 Å². The quantitative estimate of drug-likeness (QED) is 0.250. The van der Waals surface area contributed by atoms with Gasteiger partial charge in [0, 0.05) is 8.80 Å². The van der Waals surface area contributed by atoms with E-state index in [1.165, 1.54) is 50.6 Å². The fourth-order valence-electron chi connectivity index (χ4n) is 2.20. The van der Waals surface area contributed by atoms with Gasteiger partial charge in [-0.1, -0.05) is 75.8 Å². The van der Waals surface area contributed by atoms with E-state index in [0.717, 1.165) is 0 Å². The van der Waals surface area contributed by atoms with Gasteiger partial charge in [-0.2, -0.15) is 0 Å². The van der Waals surface area contributed by atoms with E-state index >= 15 is 0 Å². The van der Waals surface area contributed by atoms with Gasteiger partial charge in [-0.3, -0.25) is 0 Å². The first-order valence-electron chi connectivity index (χ1n) is 7.57. The number of hydrogen-bond acceptors (Lipinski definition) is 0. The number of allylic oxidation sites excluding steroid dienone is 4. The normalized spacial score (nSPS) is 13.8. The number of hydrogen-bond donors (Lipinski definition) is 0. The summed E-state index contributed by atoms with van der Waals surface area (Å²) in [5.74, 6) is 0. The maximum Gasteiger partial charge on any atom is 0.0443 e. The fourth-order valence-corrected chi connectivity index (χ4v) is 5.05. The first-order valence-corrected chi connectivity index (χ1v) is 10.0. The third-order valence-corrected chi connectivity index (χ3v) is 6.48. The highest BCUT2D eigenvalue weighted by atomic mass is 28.3. The van der Waals surface area contributed by atoms with E-state index in [0.29, 0.717) is 0 Å². The van der Waals surface area contributed by atoms with Crippen LogP contribution in [0.5, 0.6) is 0 Å². The molecule has 0 aliphatic carbocycles. The van der Waals surface area contributed by atoms with Gasteiger partial charge in [0.1, 0.15) is 0 Å². The van der Waals surface area contributed by atoms with Crippen LogP contribution in [0, 0.1) is 0 Å². The molecule has 0 N–H and O–H groups in total. The second-order valence-electron chi connectivity index (χ2n) is 5.03. The molecule has 0 radical (unpaired) electrons. The lowest BCUT2D eigenvalue weighted by Crippen LogP contribution is -2.09. The average molecular weight is 253 g/mol. The van der Waals surface area contributed by atoms with Crippen LogP contribution in [-0.4, -0.2) is 8.80 Å². The Balaban J connectivity index is 3.60. The van der Waals surface area contributed by atoms with Crippen molar-refractivity contribution in [3.63, 3.8) is 0 Å². The third kappa shape index (κ3) is 12.0. The van der Waals surface area contributed by atoms with Gasteiger partial charge in [0.15, 0.2) is 0 Å². The lowest BCUT2D eigenvalue weighted by molar-refractivity contribution is 0.623. The summed E-state index contributed by atoms with van der Waals surface area (Å²) >= 11 is 0. The third-order valence-electron chi connectivity index (χ3n) is 3.38. The Morgan fingerprint density at radius 2 is 1.29 bits per heavy atom. The first kappa shape index (κ1) is 16.7.